The molecule has 1 aromatic rings. The van der Waals surface area contributed by atoms with Gasteiger partial charge in [-0.2, -0.15) is 0 Å². The lowest BCUT2D eigenvalue weighted by atomic mass is 10.3. The molecule has 60 valence electrons. The molecule has 0 atom stereocenters. The van der Waals surface area contributed by atoms with Crippen molar-refractivity contribution in [1.82, 2.24) is 0 Å². The Hall–Kier alpha value is -0.540. The molecule has 0 saturated carbocycles. The van der Waals surface area contributed by atoms with E-state index in [4.69, 9.17) is 5.11 Å². The van der Waals surface area contributed by atoms with Gasteiger partial charge in [0.15, 0.2) is 0 Å². The van der Waals surface area contributed by atoms with Crippen LogP contribution in [0.15, 0.2) is 30.3 Å². The Morgan fingerprint density at radius 2 is 1.91 bits per heavy atom. The monoisotopic (exact) mass is 215 g/mol. The Kier molecular flexibility index (Phi) is 3.39. The highest BCUT2D eigenvalue weighted by Gasteiger charge is 1.98. The van der Waals surface area contributed by atoms with Crippen LogP contribution in [0.3, 0.4) is 0 Å². The second kappa shape index (κ2) is 4.36. The van der Waals surface area contributed by atoms with Gasteiger partial charge in [-0.25, -0.2) is 0 Å². The average Bonchev–Trinajstić information content (AvgIpc) is 2.07. The molecule has 0 aromatic heterocycles. The number of rotatable bonds is 3. The molecule has 2 nitrogen and oxygen atoms in total. The van der Waals surface area contributed by atoms with Gasteiger partial charge in [0, 0.05) is 21.8 Å². The van der Waals surface area contributed by atoms with Gasteiger partial charge in [-0.3, -0.25) is 0 Å². The van der Waals surface area contributed by atoms with Crippen molar-refractivity contribution in [2.24, 2.45) is 0 Å². The van der Waals surface area contributed by atoms with Crippen molar-refractivity contribution in [3.8, 4) is 0 Å². The molecular formula is C8H10BrNO. The third-order valence-electron chi connectivity index (χ3n) is 1.33. The summed E-state index contributed by atoms with van der Waals surface area (Å²) >= 11 is 3.32. The van der Waals surface area contributed by atoms with Gasteiger partial charge >= 0.3 is 0 Å². The van der Waals surface area contributed by atoms with Gasteiger partial charge in [-0.05, 0) is 12.1 Å². The summed E-state index contributed by atoms with van der Waals surface area (Å²) < 4.78 is 1.83. The van der Waals surface area contributed by atoms with Gasteiger partial charge in [-0.15, -0.1) is 0 Å². The molecule has 1 rings (SSSR count). The predicted octanol–water partition coefficient (Wildman–Crippen LogP) is 1.80. The van der Waals surface area contributed by atoms with Crippen LogP contribution in [-0.4, -0.2) is 18.3 Å². The number of anilines is 1. The molecule has 0 spiro atoms. The van der Waals surface area contributed by atoms with Crippen LogP contribution in [-0.2, 0) is 0 Å². The molecular weight excluding hydrogens is 206 g/mol. The summed E-state index contributed by atoms with van der Waals surface area (Å²) in [7, 11) is 0. The molecule has 0 heterocycles. The topological polar surface area (TPSA) is 23.5 Å². The molecule has 0 aliphatic rings. The van der Waals surface area contributed by atoms with Gasteiger partial charge < -0.3 is 9.03 Å². The zero-order chi connectivity index (χ0) is 8.10. The first kappa shape index (κ1) is 8.56. The lowest BCUT2D eigenvalue weighted by Crippen LogP contribution is -2.13. The van der Waals surface area contributed by atoms with Crippen molar-refractivity contribution in [1.29, 1.82) is 0 Å². The van der Waals surface area contributed by atoms with E-state index in [0.717, 1.165) is 5.69 Å². The second-order valence-corrected chi connectivity index (χ2v) is 3.00. The fourth-order valence-corrected chi connectivity index (χ4v) is 1.20. The summed E-state index contributed by atoms with van der Waals surface area (Å²) in [6, 6.07) is 9.83. The Labute approximate surface area is 74.8 Å². The van der Waals surface area contributed by atoms with E-state index in [-0.39, 0.29) is 6.61 Å². The van der Waals surface area contributed by atoms with Gasteiger partial charge in [0.05, 0.1) is 13.2 Å². The van der Waals surface area contributed by atoms with Crippen LogP contribution in [0.5, 0.6) is 0 Å². The summed E-state index contributed by atoms with van der Waals surface area (Å²) in [4.78, 5) is 0. The number of hydrogen-bond acceptors (Lipinski definition) is 2. The lowest BCUT2D eigenvalue weighted by Gasteiger charge is -2.13. The quantitative estimate of drug-likeness (QED) is 0.778. The van der Waals surface area contributed by atoms with Crippen LogP contribution >= 0.6 is 16.1 Å². The molecule has 0 fully saturated rings. The normalized spacial score (nSPS) is 9.64. The van der Waals surface area contributed by atoms with Crippen molar-refractivity contribution >= 4 is 21.8 Å². The highest BCUT2D eigenvalue weighted by molar-refractivity contribution is 9.10. The second-order valence-electron chi connectivity index (χ2n) is 2.14. The first-order valence-corrected chi connectivity index (χ1v) is 4.15. The Balaban J connectivity index is 2.61. The van der Waals surface area contributed by atoms with Gasteiger partial charge in [-0.1, -0.05) is 18.2 Å². The SMILES string of the molecule is OCCN(Br)c1ccccc1. The third-order valence-corrected chi connectivity index (χ3v) is 2.10. The van der Waals surface area contributed by atoms with Crippen molar-refractivity contribution < 1.29 is 5.11 Å². The van der Waals surface area contributed by atoms with Crippen LogP contribution in [0, 0.1) is 0 Å². The number of nitrogens with zero attached hydrogens (tertiary/aromatic N) is 1. The average molecular weight is 216 g/mol. The number of aliphatic hydroxyl groups excluding tert-OH is 1. The third kappa shape index (κ3) is 2.52. The zero-order valence-corrected chi connectivity index (χ0v) is 7.66. The minimum Gasteiger partial charge on any atom is -0.394 e. The maximum Gasteiger partial charge on any atom is 0.0616 e. The predicted molar refractivity (Wildman–Crippen MR) is 49.8 cm³/mol. The van der Waals surface area contributed by atoms with E-state index in [2.05, 4.69) is 16.1 Å². The van der Waals surface area contributed by atoms with Gasteiger partial charge in [0.1, 0.15) is 0 Å². The smallest absolute Gasteiger partial charge is 0.0616 e. The van der Waals surface area contributed by atoms with Crippen LogP contribution in [0.2, 0.25) is 0 Å². The first-order chi connectivity index (χ1) is 5.34. The summed E-state index contributed by atoms with van der Waals surface area (Å²) in [5.74, 6) is 0. The summed E-state index contributed by atoms with van der Waals surface area (Å²) in [5, 5.41) is 8.63. The zero-order valence-electron chi connectivity index (χ0n) is 6.07. The van der Waals surface area contributed by atoms with E-state index in [1.54, 1.807) is 0 Å². The largest absolute Gasteiger partial charge is 0.394 e. The molecule has 1 N–H and O–H groups in total. The summed E-state index contributed by atoms with van der Waals surface area (Å²) in [6.07, 6.45) is 0. The van der Waals surface area contributed by atoms with Crippen molar-refractivity contribution in [2.45, 2.75) is 0 Å². The number of halogens is 1. The fourth-order valence-electron chi connectivity index (χ4n) is 0.807. The van der Waals surface area contributed by atoms with Crippen LogP contribution < -0.4 is 3.93 Å². The summed E-state index contributed by atoms with van der Waals surface area (Å²) in [6.45, 7) is 0.754. The Bertz CT molecular complexity index is 203. The van der Waals surface area contributed by atoms with Crippen LogP contribution in [0.4, 0.5) is 5.69 Å². The molecule has 0 unspecified atom stereocenters. The van der Waals surface area contributed by atoms with Crippen molar-refractivity contribution in [3.63, 3.8) is 0 Å². The van der Waals surface area contributed by atoms with Gasteiger partial charge in [0.2, 0.25) is 0 Å². The first-order valence-electron chi connectivity index (χ1n) is 3.44. The summed E-state index contributed by atoms with van der Waals surface area (Å²) in [5.41, 5.74) is 1.06. The molecule has 11 heavy (non-hydrogen) atoms. The molecule has 0 bridgehead atoms. The van der Waals surface area contributed by atoms with E-state index in [1.165, 1.54) is 0 Å². The minimum absolute atomic E-state index is 0.153. The Morgan fingerprint density at radius 1 is 1.27 bits per heavy atom. The maximum atomic E-state index is 8.63. The number of hydrogen-bond donors (Lipinski definition) is 1. The van der Waals surface area contributed by atoms with E-state index >= 15 is 0 Å². The van der Waals surface area contributed by atoms with E-state index in [1.807, 2.05) is 34.3 Å². The molecule has 0 aliphatic carbocycles. The Morgan fingerprint density at radius 3 is 2.45 bits per heavy atom. The van der Waals surface area contributed by atoms with Crippen LogP contribution in [0.25, 0.3) is 0 Å². The van der Waals surface area contributed by atoms with E-state index in [9.17, 15) is 0 Å². The molecule has 0 amide bonds. The van der Waals surface area contributed by atoms with Crippen LogP contribution in [0.1, 0.15) is 0 Å². The molecule has 0 aliphatic heterocycles. The van der Waals surface area contributed by atoms with E-state index in [0.29, 0.717) is 6.54 Å². The molecule has 0 radical (unpaired) electrons. The van der Waals surface area contributed by atoms with Gasteiger partial charge in [0.25, 0.3) is 0 Å². The van der Waals surface area contributed by atoms with Crippen molar-refractivity contribution in [3.05, 3.63) is 30.3 Å². The number of benzene rings is 1. The number of para-hydroxylation sites is 1. The standard InChI is InChI=1S/C8H10BrNO/c9-10(6-7-11)8-4-2-1-3-5-8/h1-5,11H,6-7H2. The lowest BCUT2D eigenvalue weighted by molar-refractivity contribution is 0.308. The van der Waals surface area contributed by atoms with E-state index < -0.39 is 0 Å². The number of aliphatic hydroxyl groups is 1. The minimum atomic E-state index is 0.153. The maximum absolute atomic E-state index is 8.63. The highest BCUT2D eigenvalue weighted by Crippen LogP contribution is 2.15. The molecule has 0 saturated heterocycles. The molecule has 1 aromatic carbocycles. The molecule has 3 heteroatoms. The highest BCUT2D eigenvalue weighted by atomic mass is 79.9. The van der Waals surface area contributed by atoms with Crippen molar-refractivity contribution in [2.75, 3.05) is 17.1 Å². The fraction of sp³-hybridized carbons (Fsp3) is 0.250.